The number of hydrogen-bond acceptors (Lipinski definition) is 7. The van der Waals surface area contributed by atoms with E-state index in [2.05, 4.69) is 4.99 Å². The van der Waals surface area contributed by atoms with Gasteiger partial charge < -0.3 is 14.2 Å². The smallest absolute Gasteiger partial charge is 0.363 e. The van der Waals surface area contributed by atoms with Gasteiger partial charge in [-0.05, 0) is 23.8 Å². The maximum atomic E-state index is 11.5. The first kappa shape index (κ1) is 15.4. The maximum absolute atomic E-state index is 11.5. The second-order valence-electron chi connectivity index (χ2n) is 4.44. The van der Waals surface area contributed by atoms with Crippen LogP contribution in [0.3, 0.4) is 0 Å². The number of nitrogens with zero attached hydrogens (tertiary/aromatic N) is 1. The third-order valence-electron chi connectivity index (χ3n) is 2.51. The van der Waals surface area contributed by atoms with Crippen LogP contribution in [0.4, 0.5) is 0 Å². The van der Waals surface area contributed by atoms with Gasteiger partial charge in [-0.3, -0.25) is 9.59 Å². The molecule has 7 heteroatoms. The van der Waals surface area contributed by atoms with Gasteiger partial charge in [-0.25, -0.2) is 9.79 Å². The van der Waals surface area contributed by atoms with Gasteiger partial charge in [0.15, 0.2) is 23.1 Å². The summed E-state index contributed by atoms with van der Waals surface area (Å²) >= 11 is 0. The molecule has 1 aromatic rings. The van der Waals surface area contributed by atoms with Crippen LogP contribution in [-0.2, 0) is 19.1 Å². The molecule has 0 bridgehead atoms. The zero-order valence-electron chi connectivity index (χ0n) is 12.2. The number of hydrogen-bond donors (Lipinski definition) is 0. The van der Waals surface area contributed by atoms with E-state index in [1.807, 2.05) is 0 Å². The SMILES string of the molecule is CC(=O)Oc1ccc(/C=C2/N=C(C)OC2=O)cc1OC(C)=O. The molecule has 0 saturated carbocycles. The van der Waals surface area contributed by atoms with Crippen molar-refractivity contribution in [1.29, 1.82) is 0 Å². The molecular weight excluding hydrogens is 290 g/mol. The van der Waals surface area contributed by atoms with Crippen molar-refractivity contribution in [3.05, 3.63) is 29.5 Å². The Morgan fingerprint density at radius 3 is 2.32 bits per heavy atom. The zero-order chi connectivity index (χ0) is 16.3. The molecule has 0 unspecified atom stereocenters. The number of rotatable bonds is 3. The Labute approximate surface area is 126 Å². The number of cyclic esters (lactones) is 1. The molecule has 1 aliphatic rings. The van der Waals surface area contributed by atoms with Gasteiger partial charge in [-0.2, -0.15) is 0 Å². The summed E-state index contributed by atoms with van der Waals surface area (Å²) in [6.45, 7) is 4.02. The van der Waals surface area contributed by atoms with Crippen LogP contribution in [0, 0.1) is 0 Å². The minimum absolute atomic E-state index is 0.0733. The molecule has 1 aliphatic heterocycles. The normalized spacial score (nSPS) is 15.3. The predicted molar refractivity (Wildman–Crippen MR) is 76.2 cm³/mol. The summed E-state index contributed by atoms with van der Waals surface area (Å²) in [5.74, 6) is -1.22. The lowest BCUT2D eigenvalue weighted by atomic mass is 10.1. The van der Waals surface area contributed by atoms with Crippen molar-refractivity contribution in [2.75, 3.05) is 0 Å². The molecule has 2 rings (SSSR count). The molecule has 0 aromatic heterocycles. The van der Waals surface area contributed by atoms with Crippen LogP contribution in [0.25, 0.3) is 6.08 Å². The molecule has 0 aliphatic carbocycles. The molecule has 0 amide bonds. The third-order valence-corrected chi connectivity index (χ3v) is 2.51. The lowest BCUT2D eigenvalue weighted by molar-refractivity contribution is -0.134. The summed E-state index contributed by atoms with van der Waals surface area (Å²) in [4.78, 5) is 37.6. The zero-order valence-corrected chi connectivity index (χ0v) is 12.2. The third kappa shape index (κ3) is 3.78. The second-order valence-corrected chi connectivity index (χ2v) is 4.44. The summed E-state index contributed by atoms with van der Waals surface area (Å²) < 4.78 is 14.8. The first-order valence-corrected chi connectivity index (χ1v) is 6.35. The molecule has 114 valence electrons. The topological polar surface area (TPSA) is 91.3 Å². The molecule has 0 atom stereocenters. The van der Waals surface area contributed by atoms with Gasteiger partial charge in [0, 0.05) is 20.8 Å². The Morgan fingerprint density at radius 1 is 1.14 bits per heavy atom. The van der Waals surface area contributed by atoms with Crippen LogP contribution >= 0.6 is 0 Å². The summed E-state index contributed by atoms with van der Waals surface area (Å²) in [6.07, 6.45) is 1.48. The molecule has 0 radical (unpaired) electrons. The average molecular weight is 303 g/mol. The summed E-state index contributed by atoms with van der Waals surface area (Å²) in [5.41, 5.74) is 0.670. The number of esters is 3. The summed E-state index contributed by atoms with van der Waals surface area (Å²) in [7, 11) is 0. The first-order chi connectivity index (χ1) is 10.3. The number of carbonyl (C=O) groups is 3. The Hall–Kier alpha value is -2.96. The Balaban J connectivity index is 2.38. The summed E-state index contributed by atoms with van der Waals surface area (Å²) in [6, 6.07) is 4.51. The molecule has 0 N–H and O–H groups in total. The van der Waals surface area contributed by atoms with Crippen LogP contribution in [0.2, 0.25) is 0 Å². The van der Waals surface area contributed by atoms with E-state index in [0.29, 0.717) is 5.56 Å². The number of carbonyl (C=O) groups excluding carboxylic acids is 3. The van der Waals surface area contributed by atoms with Crippen LogP contribution in [0.15, 0.2) is 28.9 Å². The lowest BCUT2D eigenvalue weighted by Crippen LogP contribution is -2.07. The van der Waals surface area contributed by atoms with E-state index in [1.54, 1.807) is 13.0 Å². The minimum atomic E-state index is -0.563. The quantitative estimate of drug-likeness (QED) is 0.481. The van der Waals surface area contributed by atoms with Crippen LogP contribution in [-0.4, -0.2) is 23.8 Å². The molecule has 0 spiro atoms. The minimum Gasteiger partial charge on any atom is -0.423 e. The van der Waals surface area contributed by atoms with Gasteiger partial charge >= 0.3 is 17.9 Å². The highest BCUT2D eigenvalue weighted by atomic mass is 16.6. The van der Waals surface area contributed by atoms with Gasteiger partial charge in [-0.1, -0.05) is 6.07 Å². The lowest BCUT2D eigenvalue weighted by Gasteiger charge is -2.09. The van der Waals surface area contributed by atoms with Crippen molar-refractivity contribution in [3.63, 3.8) is 0 Å². The summed E-state index contributed by atoms with van der Waals surface area (Å²) in [5, 5.41) is 0. The standard InChI is InChI=1S/C15H13NO6/c1-8-16-12(15(19)20-8)6-11-4-5-13(21-9(2)17)14(7-11)22-10(3)18/h4-7H,1-3H3/b12-6+. The number of aliphatic imine (C=N–C) groups is 1. The molecule has 22 heavy (non-hydrogen) atoms. The van der Waals surface area contributed by atoms with E-state index >= 15 is 0 Å². The Bertz CT molecular complexity index is 717. The van der Waals surface area contributed by atoms with Crippen LogP contribution < -0.4 is 9.47 Å². The van der Waals surface area contributed by atoms with E-state index in [9.17, 15) is 14.4 Å². The molecule has 0 saturated heterocycles. The fraction of sp³-hybridized carbons (Fsp3) is 0.200. The van der Waals surface area contributed by atoms with E-state index in [0.717, 1.165) is 0 Å². The second kappa shape index (κ2) is 6.21. The van der Waals surface area contributed by atoms with Gasteiger partial charge in [0.05, 0.1) is 0 Å². The van der Waals surface area contributed by atoms with Crippen molar-refractivity contribution in [1.82, 2.24) is 0 Å². The fourth-order valence-corrected chi connectivity index (χ4v) is 1.76. The number of ether oxygens (including phenoxy) is 3. The fourth-order valence-electron chi connectivity index (χ4n) is 1.76. The Kier molecular flexibility index (Phi) is 4.36. The van der Waals surface area contributed by atoms with E-state index in [4.69, 9.17) is 14.2 Å². The Morgan fingerprint density at radius 2 is 1.77 bits per heavy atom. The monoisotopic (exact) mass is 303 g/mol. The van der Waals surface area contributed by atoms with E-state index in [-0.39, 0.29) is 23.1 Å². The van der Waals surface area contributed by atoms with Gasteiger partial charge in [-0.15, -0.1) is 0 Å². The van der Waals surface area contributed by atoms with Crippen molar-refractivity contribution in [3.8, 4) is 11.5 Å². The van der Waals surface area contributed by atoms with Crippen LogP contribution in [0.1, 0.15) is 26.3 Å². The molecule has 1 heterocycles. The van der Waals surface area contributed by atoms with Gasteiger partial charge in [0.25, 0.3) is 0 Å². The van der Waals surface area contributed by atoms with Crippen molar-refractivity contribution < 1.29 is 28.6 Å². The first-order valence-electron chi connectivity index (χ1n) is 6.35. The maximum Gasteiger partial charge on any atom is 0.363 e. The van der Waals surface area contributed by atoms with Crippen LogP contribution in [0.5, 0.6) is 11.5 Å². The van der Waals surface area contributed by atoms with E-state index < -0.39 is 17.9 Å². The van der Waals surface area contributed by atoms with E-state index in [1.165, 1.54) is 32.1 Å². The molecular formula is C15H13NO6. The van der Waals surface area contributed by atoms with Gasteiger partial charge in [0.2, 0.25) is 0 Å². The molecule has 7 nitrogen and oxygen atoms in total. The van der Waals surface area contributed by atoms with Crippen molar-refractivity contribution in [2.24, 2.45) is 4.99 Å². The number of benzene rings is 1. The molecule has 1 aromatic carbocycles. The highest BCUT2D eigenvalue weighted by Gasteiger charge is 2.20. The van der Waals surface area contributed by atoms with Gasteiger partial charge in [0.1, 0.15) is 0 Å². The highest BCUT2D eigenvalue weighted by Crippen LogP contribution is 2.30. The predicted octanol–water partition coefficient (Wildman–Crippen LogP) is 1.85. The largest absolute Gasteiger partial charge is 0.423 e. The van der Waals surface area contributed by atoms with Crippen molar-refractivity contribution >= 4 is 29.9 Å². The highest BCUT2D eigenvalue weighted by molar-refractivity contribution is 6.06. The molecule has 0 fully saturated rings. The average Bonchev–Trinajstić information content (AvgIpc) is 2.70. The van der Waals surface area contributed by atoms with Crippen molar-refractivity contribution in [2.45, 2.75) is 20.8 Å².